The van der Waals surface area contributed by atoms with Crippen molar-refractivity contribution in [2.75, 3.05) is 24.7 Å². The fourth-order valence-electron chi connectivity index (χ4n) is 3.00. The first kappa shape index (κ1) is 14.4. The van der Waals surface area contributed by atoms with Crippen LogP contribution in [0.4, 0.5) is 0 Å². The summed E-state index contributed by atoms with van der Waals surface area (Å²) >= 11 is 1.95. The number of rotatable bonds is 5. The normalized spacial score (nSPS) is 33.8. The predicted octanol–water partition coefficient (Wildman–Crippen LogP) is 2.67. The fraction of sp³-hybridized carbons (Fsp3) is 0.929. The Hall–Kier alpha value is -0.0600. The van der Waals surface area contributed by atoms with Crippen LogP contribution in [0, 0.1) is 5.92 Å². The number of Topliss-reactive ketones (excluding diaryl/α,β-unsaturated/α-hetero) is 1. The van der Waals surface area contributed by atoms with Gasteiger partial charge in [-0.2, -0.15) is 11.8 Å². The van der Waals surface area contributed by atoms with Gasteiger partial charge in [0.2, 0.25) is 0 Å². The van der Waals surface area contributed by atoms with E-state index in [-0.39, 0.29) is 17.6 Å². The van der Waals surface area contributed by atoms with Gasteiger partial charge in [-0.25, -0.2) is 0 Å². The SMILES string of the molecule is CCOC(CC)C(=O)C1CCOC2(CCSC2)C1. The monoisotopic (exact) mass is 272 g/mol. The third-order valence-electron chi connectivity index (χ3n) is 4.02. The molecule has 2 saturated heterocycles. The van der Waals surface area contributed by atoms with Crippen LogP contribution < -0.4 is 0 Å². The molecule has 3 unspecified atom stereocenters. The van der Waals surface area contributed by atoms with E-state index in [4.69, 9.17) is 9.47 Å². The zero-order valence-corrected chi connectivity index (χ0v) is 12.3. The van der Waals surface area contributed by atoms with Gasteiger partial charge in [0.1, 0.15) is 6.10 Å². The minimum atomic E-state index is -0.204. The molecule has 0 aromatic heterocycles. The second-order valence-electron chi connectivity index (χ2n) is 5.28. The molecule has 0 N–H and O–H groups in total. The van der Waals surface area contributed by atoms with Crippen LogP contribution >= 0.6 is 11.8 Å². The lowest BCUT2D eigenvalue weighted by atomic mass is 9.81. The molecule has 3 atom stereocenters. The van der Waals surface area contributed by atoms with Gasteiger partial charge in [0.25, 0.3) is 0 Å². The van der Waals surface area contributed by atoms with Crippen molar-refractivity contribution in [1.82, 2.24) is 0 Å². The number of thioether (sulfide) groups is 1. The van der Waals surface area contributed by atoms with E-state index in [2.05, 4.69) is 0 Å². The highest BCUT2D eigenvalue weighted by Gasteiger charge is 2.43. The van der Waals surface area contributed by atoms with Crippen molar-refractivity contribution in [3.05, 3.63) is 0 Å². The highest BCUT2D eigenvalue weighted by molar-refractivity contribution is 7.99. The van der Waals surface area contributed by atoms with Gasteiger partial charge in [-0.15, -0.1) is 0 Å². The highest BCUT2D eigenvalue weighted by atomic mass is 32.2. The topological polar surface area (TPSA) is 35.5 Å². The molecular weight excluding hydrogens is 248 g/mol. The van der Waals surface area contributed by atoms with Crippen molar-refractivity contribution >= 4 is 17.5 Å². The molecule has 2 fully saturated rings. The molecule has 2 rings (SSSR count). The quantitative estimate of drug-likeness (QED) is 0.771. The molecule has 18 heavy (non-hydrogen) atoms. The van der Waals surface area contributed by atoms with Crippen LogP contribution in [-0.2, 0) is 14.3 Å². The van der Waals surface area contributed by atoms with Gasteiger partial charge in [0.15, 0.2) is 5.78 Å². The van der Waals surface area contributed by atoms with E-state index >= 15 is 0 Å². The van der Waals surface area contributed by atoms with Crippen LogP contribution in [0.15, 0.2) is 0 Å². The molecule has 2 aliphatic heterocycles. The molecule has 0 aromatic carbocycles. The summed E-state index contributed by atoms with van der Waals surface area (Å²) in [6.45, 7) is 5.34. The fourth-order valence-corrected chi connectivity index (χ4v) is 4.38. The lowest BCUT2D eigenvalue weighted by Gasteiger charge is -2.38. The molecule has 0 aliphatic carbocycles. The van der Waals surface area contributed by atoms with E-state index < -0.39 is 0 Å². The second kappa shape index (κ2) is 6.40. The molecule has 0 bridgehead atoms. The van der Waals surface area contributed by atoms with Crippen LogP contribution in [0.5, 0.6) is 0 Å². The molecule has 0 aromatic rings. The van der Waals surface area contributed by atoms with Gasteiger partial charge in [0, 0.05) is 24.9 Å². The predicted molar refractivity (Wildman–Crippen MR) is 74.1 cm³/mol. The lowest BCUT2D eigenvalue weighted by Crippen LogP contribution is -2.44. The first-order chi connectivity index (χ1) is 8.71. The van der Waals surface area contributed by atoms with Crippen LogP contribution in [-0.4, -0.2) is 42.2 Å². The number of hydrogen-bond acceptors (Lipinski definition) is 4. The maximum atomic E-state index is 12.5. The van der Waals surface area contributed by atoms with Crippen molar-refractivity contribution in [1.29, 1.82) is 0 Å². The molecule has 3 nitrogen and oxygen atoms in total. The molecular formula is C14H24O3S. The zero-order chi connectivity index (χ0) is 13.0. The number of carbonyl (C=O) groups excluding carboxylic acids is 1. The Labute approximate surface area is 114 Å². The largest absolute Gasteiger partial charge is 0.374 e. The van der Waals surface area contributed by atoms with Crippen molar-refractivity contribution in [3.63, 3.8) is 0 Å². The molecule has 2 heterocycles. The van der Waals surface area contributed by atoms with Crippen molar-refractivity contribution in [2.24, 2.45) is 5.92 Å². The highest BCUT2D eigenvalue weighted by Crippen LogP contribution is 2.41. The zero-order valence-electron chi connectivity index (χ0n) is 11.4. The van der Waals surface area contributed by atoms with Crippen molar-refractivity contribution < 1.29 is 14.3 Å². The van der Waals surface area contributed by atoms with E-state index in [0.717, 1.165) is 38.0 Å². The standard InChI is InChI=1S/C14H24O3S/c1-3-12(16-4-2)13(15)11-5-7-17-14(9-11)6-8-18-10-14/h11-12H,3-10H2,1-2H3. The Bertz CT molecular complexity index is 287. The van der Waals surface area contributed by atoms with E-state index in [1.54, 1.807) is 0 Å². The molecule has 1 spiro atoms. The maximum absolute atomic E-state index is 12.5. The van der Waals surface area contributed by atoms with Crippen LogP contribution in [0.1, 0.15) is 39.5 Å². The van der Waals surface area contributed by atoms with Gasteiger partial charge in [-0.1, -0.05) is 6.92 Å². The molecule has 0 saturated carbocycles. The molecule has 4 heteroatoms. The van der Waals surface area contributed by atoms with E-state index in [0.29, 0.717) is 12.4 Å². The van der Waals surface area contributed by atoms with Gasteiger partial charge >= 0.3 is 0 Å². The third kappa shape index (κ3) is 3.09. The Balaban J connectivity index is 1.97. The summed E-state index contributed by atoms with van der Waals surface area (Å²) in [5.41, 5.74) is -0.00620. The lowest BCUT2D eigenvalue weighted by molar-refractivity contribution is -0.144. The Kier molecular flexibility index (Phi) is 5.10. The van der Waals surface area contributed by atoms with E-state index in [1.807, 2.05) is 25.6 Å². The second-order valence-corrected chi connectivity index (χ2v) is 6.38. The Morgan fingerprint density at radius 3 is 3.00 bits per heavy atom. The van der Waals surface area contributed by atoms with Crippen LogP contribution in [0.2, 0.25) is 0 Å². The van der Waals surface area contributed by atoms with Gasteiger partial charge in [-0.05, 0) is 38.4 Å². The average Bonchev–Trinajstić information content (AvgIpc) is 2.83. The molecule has 2 aliphatic rings. The van der Waals surface area contributed by atoms with E-state index in [1.165, 1.54) is 5.75 Å². The summed E-state index contributed by atoms with van der Waals surface area (Å²) in [5.74, 6) is 2.68. The summed E-state index contributed by atoms with van der Waals surface area (Å²) in [7, 11) is 0. The first-order valence-electron chi connectivity index (χ1n) is 7.08. The molecule has 0 amide bonds. The van der Waals surface area contributed by atoms with Crippen molar-refractivity contribution in [3.8, 4) is 0 Å². The number of carbonyl (C=O) groups is 1. The van der Waals surface area contributed by atoms with Crippen molar-refractivity contribution in [2.45, 2.75) is 51.2 Å². The summed E-state index contributed by atoms with van der Waals surface area (Å²) in [6.07, 6.45) is 3.46. The Morgan fingerprint density at radius 2 is 2.39 bits per heavy atom. The minimum Gasteiger partial charge on any atom is -0.374 e. The van der Waals surface area contributed by atoms with Gasteiger partial charge in [0.05, 0.1) is 5.60 Å². The summed E-state index contributed by atoms with van der Waals surface area (Å²) in [6, 6.07) is 0. The number of ether oxygens (including phenoxy) is 2. The van der Waals surface area contributed by atoms with Gasteiger partial charge < -0.3 is 9.47 Å². The van der Waals surface area contributed by atoms with Crippen LogP contribution in [0.3, 0.4) is 0 Å². The summed E-state index contributed by atoms with van der Waals surface area (Å²) < 4.78 is 11.5. The summed E-state index contributed by atoms with van der Waals surface area (Å²) in [5, 5.41) is 0. The first-order valence-corrected chi connectivity index (χ1v) is 8.23. The summed E-state index contributed by atoms with van der Waals surface area (Å²) in [4.78, 5) is 12.5. The van der Waals surface area contributed by atoms with E-state index in [9.17, 15) is 4.79 Å². The molecule has 0 radical (unpaired) electrons. The Morgan fingerprint density at radius 1 is 1.56 bits per heavy atom. The smallest absolute Gasteiger partial charge is 0.164 e. The number of hydrogen-bond donors (Lipinski definition) is 0. The van der Waals surface area contributed by atoms with Crippen LogP contribution in [0.25, 0.3) is 0 Å². The maximum Gasteiger partial charge on any atom is 0.164 e. The average molecular weight is 272 g/mol. The molecule has 104 valence electrons. The third-order valence-corrected chi connectivity index (χ3v) is 5.24. The minimum absolute atomic E-state index is 0.00620. The van der Waals surface area contributed by atoms with Gasteiger partial charge in [-0.3, -0.25) is 4.79 Å². The number of ketones is 1.